The Morgan fingerprint density at radius 3 is 1.00 bits per heavy atom. The summed E-state index contributed by atoms with van der Waals surface area (Å²) < 4.78 is 5.50. The topological polar surface area (TPSA) is 95.9 Å². The summed E-state index contributed by atoms with van der Waals surface area (Å²) >= 11 is 0. The van der Waals surface area contributed by atoms with Gasteiger partial charge < -0.3 is 20.3 Å². The maximum Gasteiger partial charge on any atom is 0.305 e. The molecule has 3 N–H and O–H groups in total. The number of carbonyl (C=O) groups is 2. The fourth-order valence-corrected chi connectivity index (χ4v) is 10.3. The van der Waals surface area contributed by atoms with E-state index in [1.807, 2.05) is 0 Å². The zero-order chi connectivity index (χ0) is 51.4. The van der Waals surface area contributed by atoms with E-state index in [9.17, 15) is 19.8 Å². The van der Waals surface area contributed by atoms with Gasteiger partial charge in [0.15, 0.2) is 0 Å². The summed E-state index contributed by atoms with van der Waals surface area (Å²) in [7, 11) is 0. The molecule has 0 aliphatic rings. The number of esters is 1. The monoisotopic (exact) mass is 1000 g/mol. The highest BCUT2D eigenvalue weighted by Crippen LogP contribution is 2.18. The highest BCUT2D eigenvalue weighted by Gasteiger charge is 2.20. The second-order valence-electron chi connectivity index (χ2n) is 22.5. The largest absolute Gasteiger partial charge is 0.466 e. The lowest BCUT2D eigenvalue weighted by Crippen LogP contribution is -2.45. The number of rotatable bonds is 61. The van der Waals surface area contributed by atoms with Crippen LogP contribution in [0.15, 0.2) is 12.2 Å². The number of hydrogen-bond acceptors (Lipinski definition) is 5. The van der Waals surface area contributed by atoms with E-state index in [1.165, 1.54) is 289 Å². The van der Waals surface area contributed by atoms with Crippen molar-refractivity contribution in [1.29, 1.82) is 0 Å². The van der Waals surface area contributed by atoms with E-state index in [2.05, 4.69) is 31.3 Å². The van der Waals surface area contributed by atoms with E-state index < -0.39 is 12.1 Å². The Hall–Kier alpha value is -1.40. The van der Waals surface area contributed by atoms with Gasteiger partial charge in [0.1, 0.15) is 0 Å². The molecule has 0 saturated heterocycles. The number of aliphatic hydroxyl groups excluding tert-OH is 2. The number of unbranched alkanes of at least 4 members (excludes halogenated alkanes) is 48. The minimum absolute atomic E-state index is 0.0146. The smallest absolute Gasteiger partial charge is 0.305 e. The van der Waals surface area contributed by atoms with E-state index in [0.717, 1.165) is 44.9 Å². The number of amides is 1. The number of aliphatic hydroxyl groups is 2. The van der Waals surface area contributed by atoms with E-state index in [4.69, 9.17) is 4.74 Å². The average molecular weight is 1000 g/mol. The van der Waals surface area contributed by atoms with Crippen molar-refractivity contribution in [3.63, 3.8) is 0 Å². The van der Waals surface area contributed by atoms with Crippen LogP contribution in [-0.2, 0) is 14.3 Å². The number of allylic oxidation sites excluding steroid dienone is 2. The molecule has 0 aliphatic heterocycles. The van der Waals surface area contributed by atoms with Crippen LogP contribution >= 0.6 is 0 Å². The predicted molar refractivity (Wildman–Crippen MR) is 310 cm³/mol. The molecule has 0 radical (unpaired) electrons. The summed E-state index contributed by atoms with van der Waals surface area (Å²) in [4.78, 5) is 24.5. The summed E-state index contributed by atoms with van der Waals surface area (Å²) in [5.74, 6) is -0.0173. The number of ether oxygens (including phenoxy) is 1. The van der Waals surface area contributed by atoms with Crippen LogP contribution in [0.2, 0.25) is 0 Å². The van der Waals surface area contributed by atoms with Gasteiger partial charge in [-0.3, -0.25) is 9.59 Å². The van der Waals surface area contributed by atoms with Crippen molar-refractivity contribution in [3.05, 3.63) is 12.2 Å². The van der Waals surface area contributed by atoms with Gasteiger partial charge in [-0.15, -0.1) is 0 Å². The van der Waals surface area contributed by atoms with Crippen molar-refractivity contribution in [2.24, 2.45) is 0 Å². The molecule has 0 fully saturated rings. The molecule has 0 spiro atoms. The van der Waals surface area contributed by atoms with Crippen LogP contribution in [0.25, 0.3) is 0 Å². The Bertz CT molecular complexity index is 1060. The molecule has 0 aromatic rings. The van der Waals surface area contributed by atoms with Gasteiger partial charge in [0, 0.05) is 12.8 Å². The maximum atomic E-state index is 12.5. The van der Waals surface area contributed by atoms with Gasteiger partial charge in [0.25, 0.3) is 0 Å². The zero-order valence-corrected chi connectivity index (χ0v) is 48.2. The van der Waals surface area contributed by atoms with Crippen molar-refractivity contribution < 1.29 is 24.5 Å². The number of hydrogen-bond donors (Lipinski definition) is 3. The normalized spacial score (nSPS) is 12.6. The molecule has 1 amide bonds. The van der Waals surface area contributed by atoms with Crippen molar-refractivity contribution in [1.82, 2.24) is 5.32 Å². The average Bonchev–Trinajstić information content (AvgIpc) is 3.37. The van der Waals surface area contributed by atoms with Gasteiger partial charge >= 0.3 is 5.97 Å². The molecule has 6 nitrogen and oxygen atoms in total. The summed E-state index contributed by atoms with van der Waals surface area (Å²) in [5.41, 5.74) is 0. The first kappa shape index (κ1) is 69.6. The van der Waals surface area contributed by atoms with Crippen molar-refractivity contribution >= 4 is 11.9 Å². The molecule has 2 atom stereocenters. The molecule has 0 saturated carbocycles. The van der Waals surface area contributed by atoms with Crippen LogP contribution in [0.4, 0.5) is 0 Å². The minimum Gasteiger partial charge on any atom is -0.466 e. The molecule has 0 aromatic heterocycles. The van der Waals surface area contributed by atoms with Crippen LogP contribution in [0.3, 0.4) is 0 Å². The summed E-state index contributed by atoms with van der Waals surface area (Å²) in [6, 6.07) is -0.537. The predicted octanol–water partition coefficient (Wildman–Crippen LogP) is 20.4. The third-order valence-electron chi connectivity index (χ3n) is 15.3. The van der Waals surface area contributed by atoms with E-state index in [1.54, 1.807) is 0 Å². The van der Waals surface area contributed by atoms with Gasteiger partial charge in [0.05, 0.1) is 25.4 Å². The second-order valence-corrected chi connectivity index (χ2v) is 22.5. The fourth-order valence-electron chi connectivity index (χ4n) is 10.3. The van der Waals surface area contributed by atoms with Gasteiger partial charge in [-0.2, -0.15) is 0 Å². The molecule has 71 heavy (non-hydrogen) atoms. The molecule has 0 aliphatic carbocycles. The molecule has 6 heteroatoms. The van der Waals surface area contributed by atoms with Gasteiger partial charge in [-0.1, -0.05) is 315 Å². The van der Waals surface area contributed by atoms with Crippen LogP contribution in [0, 0.1) is 0 Å². The van der Waals surface area contributed by atoms with Gasteiger partial charge in [0.2, 0.25) is 5.91 Å². The van der Waals surface area contributed by atoms with Crippen molar-refractivity contribution in [3.8, 4) is 0 Å². The first-order valence-electron chi connectivity index (χ1n) is 32.4. The first-order valence-corrected chi connectivity index (χ1v) is 32.4. The lowest BCUT2D eigenvalue weighted by molar-refractivity contribution is -0.143. The second kappa shape index (κ2) is 61.1. The maximum absolute atomic E-state index is 12.5. The third-order valence-corrected chi connectivity index (χ3v) is 15.3. The molecule has 0 heterocycles. The van der Waals surface area contributed by atoms with Gasteiger partial charge in [-0.25, -0.2) is 0 Å². The highest BCUT2D eigenvalue weighted by atomic mass is 16.5. The highest BCUT2D eigenvalue weighted by molar-refractivity contribution is 5.76. The lowest BCUT2D eigenvalue weighted by atomic mass is 10.0. The molecular weight excluding hydrogens is 875 g/mol. The zero-order valence-electron chi connectivity index (χ0n) is 48.2. The Balaban J connectivity index is 3.32. The summed E-state index contributed by atoms with van der Waals surface area (Å²) in [6.07, 6.45) is 73.9. The van der Waals surface area contributed by atoms with Crippen molar-refractivity contribution in [2.45, 2.75) is 379 Å². The van der Waals surface area contributed by atoms with E-state index in [-0.39, 0.29) is 18.5 Å². The fraction of sp³-hybridized carbons (Fsp3) is 0.938. The van der Waals surface area contributed by atoms with E-state index in [0.29, 0.717) is 25.9 Å². The molecule has 0 rings (SSSR count). The SMILES string of the molecule is CCCCCCCC/C=C\CCCCCCCCCC(=O)OCCCCCCCCCCCCCCCCCCCCCCCCCCCCC(=O)NC(CO)C(O)CCCCCCCCCCCCC. The Morgan fingerprint density at radius 1 is 0.380 bits per heavy atom. The quantitative estimate of drug-likeness (QED) is 0.0320. The third kappa shape index (κ3) is 57.7. The van der Waals surface area contributed by atoms with Crippen molar-refractivity contribution in [2.75, 3.05) is 13.2 Å². The molecular formula is C65H127NO5. The Labute approximate surface area is 444 Å². The Kier molecular flexibility index (Phi) is 59.9. The first-order chi connectivity index (χ1) is 35.0. The molecule has 2 unspecified atom stereocenters. The lowest BCUT2D eigenvalue weighted by Gasteiger charge is -2.22. The van der Waals surface area contributed by atoms with Crippen LogP contribution < -0.4 is 5.32 Å². The van der Waals surface area contributed by atoms with Crippen LogP contribution in [-0.4, -0.2) is 47.4 Å². The minimum atomic E-state index is -0.660. The number of nitrogens with one attached hydrogen (secondary N) is 1. The summed E-state index contributed by atoms with van der Waals surface area (Å²) in [6.45, 7) is 4.96. The molecule has 0 bridgehead atoms. The standard InChI is InChI=1S/C65H127NO5/c1-3-5-7-9-11-13-15-16-17-28-32-35-39-43-47-51-55-59-65(70)71-60-56-52-48-44-40-36-33-30-27-25-23-21-19-18-20-22-24-26-29-31-34-38-42-46-50-54-58-64(69)66-62(61-67)63(68)57-53-49-45-41-37-14-12-10-8-6-4-2/h16-17,62-63,67-68H,3-15,18-61H2,1-2H3,(H,66,69)/b17-16-. The van der Waals surface area contributed by atoms with Crippen LogP contribution in [0.5, 0.6) is 0 Å². The van der Waals surface area contributed by atoms with Crippen LogP contribution in [0.1, 0.15) is 367 Å². The molecule has 0 aromatic carbocycles. The Morgan fingerprint density at radius 2 is 0.662 bits per heavy atom. The number of carbonyl (C=O) groups excluding carboxylic acids is 2. The van der Waals surface area contributed by atoms with E-state index >= 15 is 0 Å². The van der Waals surface area contributed by atoms with Gasteiger partial charge in [-0.05, 0) is 51.4 Å². The summed E-state index contributed by atoms with van der Waals surface area (Å²) in [5, 5.41) is 23.2. The molecule has 422 valence electrons.